The molecule has 0 aliphatic rings. The first-order chi connectivity index (χ1) is 6.69. The highest BCUT2D eigenvalue weighted by atomic mass is 79.9. The van der Waals surface area contributed by atoms with Crippen LogP contribution in [-0.2, 0) is 16.0 Å². The van der Waals surface area contributed by atoms with Crippen LogP contribution in [0.4, 0.5) is 0 Å². The lowest BCUT2D eigenvalue weighted by atomic mass is 10.4. The van der Waals surface area contributed by atoms with Gasteiger partial charge in [0, 0.05) is 13.3 Å². The van der Waals surface area contributed by atoms with E-state index < -0.39 is 5.97 Å². The summed E-state index contributed by atoms with van der Waals surface area (Å²) in [5, 5.41) is 4.03. The van der Waals surface area contributed by atoms with Crippen molar-refractivity contribution < 1.29 is 14.3 Å². The maximum atomic E-state index is 11.2. The molecule has 1 heterocycles. The van der Waals surface area contributed by atoms with Gasteiger partial charge in [-0.2, -0.15) is 5.10 Å². The fraction of sp³-hybridized carbons (Fsp3) is 0.500. The van der Waals surface area contributed by atoms with E-state index in [1.165, 1.54) is 7.11 Å². The first kappa shape index (κ1) is 11.2. The second-order valence-corrected chi connectivity index (χ2v) is 3.43. The first-order valence-electron chi connectivity index (χ1n) is 3.99. The van der Waals surface area contributed by atoms with Gasteiger partial charge < -0.3 is 9.47 Å². The molecule has 0 bridgehead atoms. The number of hydrogen-bond acceptors (Lipinski definition) is 4. The van der Waals surface area contributed by atoms with Gasteiger partial charge in [0.05, 0.1) is 24.7 Å². The number of methoxy groups -OCH3 is 2. The van der Waals surface area contributed by atoms with E-state index in [1.807, 2.05) is 0 Å². The molecule has 0 aliphatic carbocycles. The molecule has 0 amide bonds. The molecule has 0 spiro atoms. The van der Waals surface area contributed by atoms with Gasteiger partial charge in [-0.15, -0.1) is 0 Å². The van der Waals surface area contributed by atoms with Gasteiger partial charge in [-0.25, -0.2) is 4.79 Å². The average molecular weight is 263 g/mol. The lowest BCUT2D eigenvalue weighted by Crippen LogP contribution is -2.08. The standard InChI is InChI=1S/C8H11BrN2O3/c1-13-4-3-11-5-6(9)7(10-11)8(12)14-2/h5H,3-4H2,1-2H3. The highest BCUT2D eigenvalue weighted by molar-refractivity contribution is 9.10. The van der Waals surface area contributed by atoms with Crippen molar-refractivity contribution >= 4 is 21.9 Å². The third kappa shape index (κ3) is 2.55. The topological polar surface area (TPSA) is 53.4 Å². The Morgan fingerprint density at radius 3 is 2.93 bits per heavy atom. The quantitative estimate of drug-likeness (QED) is 0.763. The zero-order valence-electron chi connectivity index (χ0n) is 7.99. The molecule has 0 saturated heterocycles. The fourth-order valence-corrected chi connectivity index (χ4v) is 1.41. The number of rotatable bonds is 4. The lowest BCUT2D eigenvalue weighted by Gasteiger charge is -1.98. The lowest BCUT2D eigenvalue weighted by molar-refractivity contribution is 0.0591. The summed E-state index contributed by atoms with van der Waals surface area (Å²) < 4.78 is 11.7. The average Bonchev–Trinajstić information content (AvgIpc) is 2.55. The summed E-state index contributed by atoms with van der Waals surface area (Å²) in [4.78, 5) is 11.2. The van der Waals surface area contributed by atoms with Gasteiger partial charge in [0.2, 0.25) is 0 Å². The second-order valence-electron chi connectivity index (χ2n) is 2.57. The van der Waals surface area contributed by atoms with Crippen molar-refractivity contribution in [2.24, 2.45) is 0 Å². The maximum absolute atomic E-state index is 11.2. The van der Waals surface area contributed by atoms with Gasteiger partial charge in [-0.1, -0.05) is 0 Å². The van der Waals surface area contributed by atoms with Gasteiger partial charge in [-0.3, -0.25) is 4.68 Å². The summed E-state index contributed by atoms with van der Waals surface area (Å²) >= 11 is 3.23. The Labute approximate surface area is 90.1 Å². The molecule has 0 aliphatic heterocycles. The Kier molecular flexibility index (Phi) is 4.09. The van der Waals surface area contributed by atoms with Gasteiger partial charge in [0.15, 0.2) is 5.69 Å². The van der Waals surface area contributed by atoms with Crippen LogP contribution >= 0.6 is 15.9 Å². The van der Waals surface area contributed by atoms with Crippen LogP contribution in [-0.4, -0.2) is 36.6 Å². The van der Waals surface area contributed by atoms with Crippen LogP contribution in [0.1, 0.15) is 10.5 Å². The number of carbonyl (C=O) groups is 1. The van der Waals surface area contributed by atoms with E-state index in [9.17, 15) is 4.79 Å². The normalized spacial score (nSPS) is 10.2. The summed E-state index contributed by atoms with van der Waals surface area (Å²) in [6.07, 6.45) is 1.71. The van der Waals surface area contributed by atoms with E-state index in [0.717, 1.165) is 0 Å². The van der Waals surface area contributed by atoms with Crippen molar-refractivity contribution in [1.82, 2.24) is 9.78 Å². The monoisotopic (exact) mass is 262 g/mol. The molecule has 5 nitrogen and oxygen atoms in total. The van der Waals surface area contributed by atoms with Crippen molar-refractivity contribution in [1.29, 1.82) is 0 Å². The van der Waals surface area contributed by atoms with Crippen LogP contribution in [0.2, 0.25) is 0 Å². The molecule has 0 N–H and O–H groups in total. The highest BCUT2D eigenvalue weighted by Gasteiger charge is 2.14. The molecule has 14 heavy (non-hydrogen) atoms. The molecule has 0 aromatic carbocycles. The number of aromatic nitrogens is 2. The van der Waals surface area contributed by atoms with E-state index in [4.69, 9.17) is 4.74 Å². The Morgan fingerprint density at radius 2 is 2.36 bits per heavy atom. The zero-order valence-corrected chi connectivity index (χ0v) is 9.57. The minimum Gasteiger partial charge on any atom is -0.464 e. The maximum Gasteiger partial charge on any atom is 0.359 e. The van der Waals surface area contributed by atoms with Crippen LogP contribution in [0.5, 0.6) is 0 Å². The third-order valence-electron chi connectivity index (χ3n) is 1.62. The zero-order chi connectivity index (χ0) is 10.6. The van der Waals surface area contributed by atoms with Crippen LogP contribution in [0.3, 0.4) is 0 Å². The van der Waals surface area contributed by atoms with Crippen molar-refractivity contribution in [2.75, 3.05) is 20.8 Å². The number of ether oxygens (including phenoxy) is 2. The largest absolute Gasteiger partial charge is 0.464 e. The molecule has 1 aromatic heterocycles. The molecule has 6 heteroatoms. The van der Waals surface area contributed by atoms with Crippen LogP contribution in [0.15, 0.2) is 10.7 Å². The van der Waals surface area contributed by atoms with Gasteiger partial charge >= 0.3 is 5.97 Å². The number of nitrogens with zero attached hydrogens (tertiary/aromatic N) is 2. The third-order valence-corrected chi connectivity index (χ3v) is 2.20. The van der Waals surface area contributed by atoms with E-state index in [1.54, 1.807) is 18.0 Å². The molecular weight excluding hydrogens is 252 g/mol. The molecule has 1 rings (SSSR count). The highest BCUT2D eigenvalue weighted by Crippen LogP contribution is 2.15. The van der Waals surface area contributed by atoms with Gasteiger partial charge in [-0.05, 0) is 15.9 Å². The molecule has 0 radical (unpaired) electrons. The SMILES string of the molecule is COCCn1cc(Br)c(C(=O)OC)n1. The number of halogens is 1. The Morgan fingerprint density at radius 1 is 1.64 bits per heavy atom. The minimum atomic E-state index is -0.451. The van der Waals surface area contributed by atoms with Crippen LogP contribution < -0.4 is 0 Å². The predicted octanol–water partition coefficient (Wildman–Crippen LogP) is 1.08. The van der Waals surface area contributed by atoms with E-state index >= 15 is 0 Å². The van der Waals surface area contributed by atoms with Gasteiger partial charge in [0.25, 0.3) is 0 Å². The number of carbonyl (C=O) groups excluding carboxylic acids is 1. The molecule has 0 saturated carbocycles. The smallest absolute Gasteiger partial charge is 0.359 e. The molecule has 0 atom stereocenters. The van der Waals surface area contributed by atoms with Crippen molar-refractivity contribution in [3.63, 3.8) is 0 Å². The molecule has 0 unspecified atom stereocenters. The predicted molar refractivity (Wildman–Crippen MR) is 53.1 cm³/mol. The van der Waals surface area contributed by atoms with Crippen molar-refractivity contribution in [3.8, 4) is 0 Å². The summed E-state index contributed by atoms with van der Waals surface area (Å²) in [6, 6.07) is 0. The fourth-order valence-electron chi connectivity index (χ4n) is 0.931. The molecule has 78 valence electrons. The number of esters is 1. The van der Waals surface area contributed by atoms with Crippen LogP contribution in [0.25, 0.3) is 0 Å². The Bertz CT molecular complexity index is 324. The summed E-state index contributed by atoms with van der Waals surface area (Å²) in [5.41, 5.74) is 0.281. The first-order valence-corrected chi connectivity index (χ1v) is 4.78. The number of hydrogen-bond donors (Lipinski definition) is 0. The van der Waals surface area contributed by atoms with E-state index in [0.29, 0.717) is 17.6 Å². The summed E-state index contributed by atoms with van der Waals surface area (Å²) in [6.45, 7) is 1.15. The van der Waals surface area contributed by atoms with Gasteiger partial charge in [0.1, 0.15) is 0 Å². The Balaban J connectivity index is 2.77. The van der Waals surface area contributed by atoms with Crippen LogP contribution in [0, 0.1) is 0 Å². The van der Waals surface area contributed by atoms with E-state index in [2.05, 4.69) is 25.8 Å². The summed E-state index contributed by atoms with van der Waals surface area (Å²) in [7, 11) is 2.93. The minimum absolute atomic E-state index is 0.281. The second kappa shape index (κ2) is 5.11. The Hall–Kier alpha value is -0.880. The molecule has 1 aromatic rings. The molecule has 0 fully saturated rings. The molecular formula is C8H11BrN2O3. The van der Waals surface area contributed by atoms with Crippen molar-refractivity contribution in [3.05, 3.63) is 16.4 Å². The summed E-state index contributed by atoms with van der Waals surface area (Å²) in [5.74, 6) is -0.451. The van der Waals surface area contributed by atoms with Crippen molar-refractivity contribution in [2.45, 2.75) is 6.54 Å². The van der Waals surface area contributed by atoms with E-state index in [-0.39, 0.29) is 5.69 Å².